The fourth-order valence-corrected chi connectivity index (χ4v) is 2.46. The number of carbonyl (C=O) groups is 1. The Morgan fingerprint density at radius 3 is 2.42 bits per heavy atom. The second-order valence-electron chi connectivity index (χ2n) is 6.01. The van der Waals surface area contributed by atoms with Gasteiger partial charge in [0.15, 0.2) is 0 Å². The molecule has 2 aromatic rings. The molecule has 2 N–H and O–H groups in total. The minimum atomic E-state index is -0.674. The van der Waals surface area contributed by atoms with E-state index >= 15 is 0 Å². The first-order valence-electron chi connectivity index (χ1n) is 7.42. The molecule has 0 aliphatic heterocycles. The molecule has 0 bridgehead atoms. The van der Waals surface area contributed by atoms with Crippen LogP contribution in [0.5, 0.6) is 5.75 Å². The van der Waals surface area contributed by atoms with Crippen LogP contribution in [0.25, 0.3) is 0 Å². The second kappa shape index (κ2) is 7.09. The van der Waals surface area contributed by atoms with E-state index in [1.54, 1.807) is 24.3 Å². The number of ether oxygens (including phenoxy) is 1. The van der Waals surface area contributed by atoms with Crippen molar-refractivity contribution in [3.05, 3.63) is 58.4 Å². The first-order chi connectivity index (χ1) is 11.2. The molecule has 6 heteroatoms. The summed E-state index contributed by atoms with van der Waals surface area (Å²) in [5, 5.41) is 6.18. The predicted octanol–water partition coefficient (Wildman–Crippen LogP) is 4.85. The maximum atomic E-state index is 13.1. The Bertz CT molecular complexity index is 745. The van der Waals surface area contributed by atoms with Gasteiger partial charge in [-0.05, 0) is 50.1 Å². The van der Waals surface area contributed by atoms with Gasteiger partial charge in [0.05, 0.1) is 18.3 Å². The van der Waals surface area contributed by atoms with Gasteiger partial charge in [0.1, 0.15) is 11.6 Å². The highest BCUT2D eigenvalue weighted by molar-refractivity contribution is 6.31. The quantitative estimate of drug-likeness (QED) is 0.827. The molecular weight excluding hydrogens is 331 g/mol. The van der Waals surface area contributed by atoms with Gasteiger partial charge in [-0.1, -0.05) is 23.7 Å². The average Bonchev–Trinajstić information content (AvgIpc) is 2.50. The Morgan fingerprint density at radius 1 is 1.21 bits per heavy atom. The molecule has 0 spiro atoms. The number of urea groups is 1. The van der Waals surface area contributed by atoms with Crippen LogP contribution < -0.4 is 15.4 Å². The lowest BCUT2D eigenvalue weighted by Crippen LogP contribution is -2.43. The summed E-state index contributed by atoms with van der Waals surface area (Å²) in [6, 6.07) is 9.00. The summed E-state index contributed by atoms with van der Waals surface area (Å²) in [7, 11) is 1.51. The Hall–Kier alpha value is -2.27. The molecule has 128 valence electrons. The van der Waals surface area contributed by atoms with Crippen molar-refractivity contribution in [1.82, 2.24) is 5.32 Å². The van der Waals surface area contributed by atoms with Crippen LogP contribution in [-0.2, 0) is 5.54 Å². The molecule has 0 aliphatic carbocycles. The van der Waals surface area contributed by atoms with Gasteiger partial charge >= 0.3 is 6.03 Å². The van der Waals surface area contributed by atoms with E-state index in [4.69, 9.17) is 16.3 Å². The highest BCUT2D eigenvalue weighted by Crippen LogP contribution is 2.31. The van der Waals surface area contributed by atoms with E-state index in [2.05, 4.69) is 10.6 Å². The van der Waals surface area contributed by atoms with Crippen LogP contribution in [-0.4, -0.2) is 13.1 Å². The molecular formula is C18H20ClFN2O2. The Balaban J connectivity index is 2.15. The minimum absolute atomic E-state index is 0.319. The third kappa shape index (κ3) is 4.17. The zero-order chi connectivity index (χ0) is 17.9. The Labute approximate surface area is 146 Å². The highest BCUT2D eigenvalue weighted by Gasteiger charge is 2.23. The van der Waals surface area contributed by atoms with Crippen molar-refractivity contribution in [2.24, 2.45) is 0 Å². The van der Waals surface area contributed by atoms with Crippen molar-refractivity contribution in [2.45, 2.75) is 26.3 Å². The van der Waals surface area contributed by atoms with Gasteiger partial charge in [-0.25, -0.2) is 9.18 Å². The van der Waals surface area contributed by atoms with E-state index in [9.17, 15) is 9.18 Å². The molecule has 0 saturated heterocycles. The van der Waals surface area contributed by atoms with Crippen LogP contribution in [0.15, 0.2) is 36.4 Å². The first-order valence-corrected chi connectivity index (χ1v) is 7.80. The largest absolute Gasteiger partial charge is 0.495 e. The normalized spacial score (nSPS) is 11.1. The van der Waals surface area contributed by atoms with Crippen LogP contribution >= 0.6 is 11.6 Å². The molecule has 2 rings (SSSR count). The van der Waals surface area contributed by atoms with E-state index in [-0.39, 0.29) is 5.82 Å². The average molecular weight is 351 g/mol. The molecule has 24 heavy (non-hydrogen) atoms. The Morgan fingerprint density at radius 2 is 1.83 bits per heavy atom. The number of aryl methyl sites for hydroxylation is 1. The third-order valence-electron chi connectivity index (χ3n) is 3.72. The molecule has 4 nitrogen and oxygen atoms in total. The second-order valence-corrected chi connectivity index (χ2v) is 6.42. The van der Waals surface area contributed by atoms with Crippen LogP contribution in [0.1, 0.15) is 25.0 Å². The number of methoxy groups -OCH3 is 1. The summed E-state index contributed by atoms with van der Waals surface area (Å²) < 4.78 is 18.3. The zero-order valence-electron chi connectivity index (χ0n) is 14.0. The summed E-state index contributed by atoms with van der Waals surface area (Å²) in [6.07, 6.45) is 0. The van der Waals surface area contributed by atoms with Gasteiger partial charge < -0.3 is 15.4 Å². The maximum absolute atomic E-state index is 13.1. The first kappa shape index (κ1) is 18.1. The molecule has 0 aromatic heterocycles. The van der Waals surface area contributed by atoms with E-state index in [0.717, 1.165) is 11.1 Å². The van der Waals surface area contributed by atoms with Crippen molar-refractivity contribution >= 4 is 23.3 Å². The molecule has 0 aliphatic rings. The number of amides is 2. The lowest BCUT2D eigenvalue weighted by Gasteiger charge is -2.27. The smallest absolute Gasteiger partial charge is 0.320 e. The number of hydrogen-bond acceptors (Lipinski definition) is 2. The monoisotopic (exact) mass is 350 g/mol. The lowest BCUT2D eigenvalue weighted by atomic mass is 9.94. The summed E-state index contributed by atoms with van der Waals surface area (Å²) in [4.78, 5) is 12.3. The van der Waals surface area contributed by atoms with Crippen LogP contribution in [0.2, 0.25) is 5.02 Å². The Kier molecular flexibility index (Phi) is 5.34. The van der Waals surface area contributed by atoms with E-state index in [0.29, 0.717) is 16.5 Å². The van der Waals surface area contributed by atoms with E-state index in [1.807, 2.05) is 20.8 Å². The van der Waals surface area contributed by atoms with Crippen molar-refractivity contribution in [2.75, 3.05) is 12.4 Å². The topological polar surface area (TPSA) is 50.4 Å². The maximum Gasteiger partial charge on any atom is 0.320 e. The van der Waals surface area contributed by atoms with Crippen molar-refractivity contribution in [3.8, 4) is 5.75 Å². The van der Waals surface area contributed by atoms with Crippen molar-refractivity contribution in [3.63, 3.8) is 0 Å². The van der Waals surface area contributed by atoms with Gasteiger partial charge in [-0.2, -0.15) is 0 Å². The predicted molar refractivity (Wildman–Crippen MR) is 94.3 cm³/mol. The standard InChI is InChI=1S/C18H20ClFN2O2/c1-11-9-15(16(24-4)10-14(11)19)21-17(23)22-18(2,3)12-5-7-13(20)8-6-12/h5-10H,1-4H3,(H2,21,22,23). The molecule has 2 aromatic carbocycles. The minimum Gasteiger partial charge on any atom is -0.495 e. The third-order valence-corrected chi connectivity index (χ3v) is 4.13. The van der Waals surface area contributed by atoms with E-state index < -0.39 is 11.6 Å². The molecule has 0 atom stereocenters. The number of benzene rings is 2. The summed E-state index contributed by atoms with van der Waals surface area (Å²) in [5.74, 6) is 0.153. The fraction of sp³-hybridized carbons (Fsp3) is 0.278. The summed E-state index contributed by atoms with van der Waals surface area (Å²) in [5.41, 5.74) is 1.46. The highest BCUT2D eigenvalue weighted by atomic mass is 35.5. The van der Waals surface area contributed by atoms with Crippen LogP contribution in [0.4, 0.5) is 14.9 Å². The van der Waals surface area contributed by atoms with Gasteiger partial charge in [-0.3, -0.25) is 0 Å². The number of halogens is 2. The van der Waals surface area contributed by atoms with Gasteiger partial charge in [0, 0.05) is 11.1 Å². The summed E-state index contributed by atoms with van der Waals surface area (Å²) in [6.45, 7) is 5.52. The van der Waals surface area contributed by atoms with Crippen molar-refractivity contribution < 1.29 is 13.9 Å². The molecule has 0 radical (unpaired) electrons. The number of nitrogens with one attached hydrogen (secondary N) is 2. The van der Waals surface area contributed by atoms with Crippen LogP contribution in [0.3, 0.4) is 0 Å². The SMILES string of the molecule is COc1cc(Cl)c(C)cc1NC(=O)NC(C)(C)c1ccc(F)cc1. The molecule has 0 heterocycles. The van der Waals surface area contributed by atoms with Gasteiger partial charge in [-0.15, -0.1) is 0 Å². The number of anilines is 1. The molecule has 0 saturated carbocycles. The fourth-order valence-electron chi connectivity index (χ4n) is 2.31. The summed E-state index contributed by atoms with van der Waals surface area (Å²) >= 11 is 6.06. The van der Waals surface area contributed by atoms with Gasteiger partial charge in [0.2, 0.25) is 0 Å². The van der Waals surface area contributed by atoms with Gasteiger partial charge in [0.25, 0.3) is 0 Å². The molecule has 0 unspecified atom stereocenters. The number of carbonyl (C=O) groups excluding carboxylic acids is 1. The lowest BCUT2D eigenvalue weighted by molar-refractivity contribution is 0.241. The number of hydrogen-bond donors (Lipinski definition) is 2. The number of rotatable bonds is 4. The molecule has 2 amide bonds. The van der Waals surface area contributed by atoms with Crippen LogP contribution in [0, 0.1) is 12.7 Å². The van der Waals surface area contributed by atoms with Crippen molar-refractivity contribution in [1.29, 1.82) is 0 Å². The molecule has 0 fully saturated rings. The van der Waals surface area contributed by atoms with E-state index in [1.165, 1.54) is 19.2 Å². The zero-order valence-corrected chi connectivity index (χ0v) is 14.8.